The number of hydrogen-bond donors (Lipinski definition) is 2. The number of methoxy groups -OCH3 is 1. The van der Waals surface area contributed by atoms with Gasteiger partial charge < -0.3 is 19.7 Å². The minimum Gasteiger partial charge on any atom is -0.469 e. The van der Waals surface area contributed by atoms with Crippen LogP contribution in [-0.4, -0.2) is 47.6 Å². The van der Waals surface area contributed by atoms with Crippen molar-refractivity contribution < 1.29 is 29.3 Å². The highest BCUT2D eigenvalue weighted by molar-refractivity contribution is 5.69. The molecule has 4 aliphatic carbocycles. The third-order valence-corrected chi connectivity index (χ3v) is 10.8. The van der Waals surface area contributed by atoms with E-state index < -0.39 is 6.10 Å². The maximum atomic E-state index is 12.1. The Morgan fingerprint density at radius 1 is 1.06 bits per heavy atom. The second-order valence-corrected chi connectivity index (χ2v) is 12.2. The molecule has 4 fully saturated rings. The zero-order chi connectivity index (χ0) is 24.1. The molecule has 0 bridgehead atoms. The first-order chi connectivity index (χ1) is 15.5. The highest BCUT2D eigenvalue weighted by Gasteiger charge is 2.66. The molecule has 0 aromatic heterocycles. The maximum Gasteiger partial charge on any atom is 0.305 e. The summed E-state index contributed by atoms with van der Waals surface area (Å²) in [6.45, 7) is 8.34. The van der Waals surface area contributed by atoms with E-state index >= 15 is 0 Å². The number of carbonyl (C=O) groups excluding carboxylic acids is 2. The van der Waals surface area contributed by atoms with Gasteiger partial charge in [0.25, 0.3) is 0 Å². The fourth-order valence-corrected chi connectivity index (χ4v) is 9.09. The third-order valence-electron chi connectivity index (χ3n) is 10.8. The number of ether oxygens (including phenoxy) is 2. The molecular weight excluding hydrogens is 420 g/mol. The van der Waals surface area contributed by atoms with Crippen molar-refractivity contribution in [2.45, 2.75) is 104 Å². The molecule has 6 nitrogen and oxygen atoms in total. The van der Waals surface area contributed by atoms with E-state index in [4.69, 9.17) is 9.47 Å². The zero-order valence-electron chi connectivity index (χ0n) is 21.1. The Kier molecular flexibility index (Phi) is 6.92. The Morgan fingerprint density at radius 3 is 2.45 bits per heavy atom. The second kappa shape index (κ2) is 9.14. The van der Waals surface area contributed by atoms with Gasteiger partial charge in [0.2, 0.25) is 0 Å². The van der Waals surface area contributed by atoms with E-state index in [-0.39, 0.29) is 40.9 Å². The number of esters is 2. The van der Waals surface area contributed by atoms with Crippen LogP contribution in [0.25, 0.3) is 0 Å². The maximum absolute atomic E-state index is 12.1. The van der Waals surface area contributed by atoms with Crippen molar-refractivity contribution in [2.24, 2.45) is 46.3 Å². The first-order valence-electron chi connectivity index (χ1n) is 13.1. The summed E-state index contributed by atoms with van der Waals surface area (Å²) in [6.07, 6.45) is 6.54. The molecule has 0 amide bonds. The molecule has 6 heteroatoms. The molecule has 11 atom stereocenters. The van der Waals surface area contributed by atoms with Gasteiger partial charge in [-0.25, -0.2) is 0 Å². The normalized spacial score (nSPS) is 47.6. The standard InChI is InChI=1S/C27H44O6/c1-15(6-9-24(31)32-5)19-7-8-20-25-21(14-23(30)27(19,20)4)26(3)11-10-18(29)12-17(26)13-22(25)33-16(2)28/h15,17-23,25,29-30H,6-14H2,1-5H3/t15-,17-,18+,19-,20+,21+,22-,23-,25+,26+,27-/m1/s1. The molecule has 0 spiro atoms. The van der Waals surface area contributed by atoms with Crippen LogP contribution in [0.4, 0.5) is 0 Å². The van der Waals surface area contributed by atoms with Gasteiger partial charge in [0.05, 0.1) is 19.3 Å². The SMILES string of the molecule is COC(=O)CC[C@@H](C)[C@H]1CC[C@H]2[C@@H]3[C@H](OC(C)=O)C[C@H]4C[C@@H](O)CC[C@]4(C)[C@H]3C[C@@H](O)[C@]12C. The Labute approximate surface area is 198 Å². The number of hydrogen-bond acceptors (Lipinski definition) is 6. The zero-order valence-corrected chi connectivity index (χ0v) is 21.1. The molecule has 0 aromatic rings. The van der Waals surface area contributed by atoms with E-state index in [2.05, 4.69) is 20.8 Å². The topological polar surface area (TPSA) is 93.1 Å². The van der Waals surface area contributed by atoms with Crippen molar-refractivity contribution in [2.75, 3.05) is 7.11 Å². The fraction of sp³-hybridized carbons (Fsp3) is 0.926. The number of rotatable bonds is 5. The number of carbonyl (C=O) groups is 2. The first kappa shape index (κ1) is 25.0. The molecule has 33 heavy (non-hydrogen) atoms. The van der Waals surface area contributed by atoms with E-state index in [1.807, 2.05) is 0 Å². The highest BCUT2D eigenvalue weighted by atomic mass is 16.5. The minimum absolute atomic E-state index is 0.0669. The molecule has 188 valence electrons. The summed E-state index contributed by atoms with van der Waals surface area (Å²) in [4.78, 5) is 23.9. The molecular formula is C27H44O6. The summed E-state index contributed by atoms with van der Waals surface area (Å²) in [5.41, 5.74) is -0.177. The van der Waals surface area contributed by atoms with Crippen molar-refractivity contribution in [3.63, 3.8) is 0 Å². The quantitative estimate of drug-likeness (QED) is 0.595. The van der Waals surface area contributed by atoms with Gasteiger partial charge >= 0.3 is 11.9 Å². The fourth-order valence-electron chi connectivity index (χ4n) is 9.09. The van der Waals surface area contributed by atoms with E-state index in [0.717, 1.165) is 51.4 Å². The molecule has 4 aliphatic rings. The lowest BCUT2D eigenvalue weighted by Gasteiger charge is -2.63. The summed E-state index contributed by atoms with van der Waals surface area (Å²) in [7, 11) is 1.43. The Hall–Kier alpha value is -1.14. The van der Waals surface area contributed by atoms with Crippen molar-refractivity contribution in [1.29, 1.82) is 0 Å². The van der Waals surface area contributed by atoms with Crippen LogP contribution in [-0.2, 0) is 19.1 Å². The molecule has 0 aliphatic heterocycles. The van der Waals surface area contributed by atoms with Crippen LogP contribution in [0.2, 0.25) is 0 Å². The summed E-state index contributed by atoms with van der Waals surface area (Å²) < 4.78 is 10.9. The van der Waals surface area contributed by atoms with Crippen LogP contribution in [0.3, 0.4) is 0 Å². The summed E-state index contributed by atoms with van der Waals surface area (Å²) >= 11 is 0. The van der Waals surface area contributed by atoms with Gasteiger partial charge in [-0.05, 0) is 91.8 Å². The van der Waals surface area contributed by atoms with E-state index in [9.17, 15) is 19.8 Å². The lowest BCUT2D eigenvalue weighted by molar-refractivity contribution is -0.216. The van der Waals surface area contributed by atoms with Gasteiger partial charge in [0.15, 0.2) is 0 Å². The minimum atomic E-state index is -0.405. The molecule has 0 heterocycles. The number of fused-ring (bicyclic) bond motifs is 5. The van der Waals surface area contributed by atoms with Gasteiger partial charge in [-0.1, -0.05) is 20.8 Å². The third kappa shape index (κ3) is 4.13. The highest BCUT2D eigenvalue weighted by Crippen LogP contribution is 2.68. The van der Waals surface area contributed by atoms with Crippen molar-refractivity contribution in [3.8, 4) is 0 Å². The van der Waals surface area contributed by atoms with Gasteiger partial charge in [0, 0.05) is 19.3 Å². The largest absolute Gasteiger partial charge is 0.469 e. The van der Waals surface area contributed by atoms with Crippen LogP contribution >= 0.6 is 0 Å². The van der Waals surface area contributed by atoms with Crippen molar-refractivity contribution >= 4 is 11.9 Å². The van der Waals surface area contributed by atoms with Crippen LogP contribution in [0, 0.1) is 46.3 Å². The molecule has 0 saturated heterocycles. The molecule has 0 unspecified atom stereocenters. The molecule has 0 radical (unpaired) electrons. The summed E-state index contributed by atoms with van der Waals surface area (Å²) in [5.74, 6) is 1.40. The Balaban J connectivity index is 1.64. The predicted octanol–water partition coefficient (Wildman–Crippen LogP) is 4.11. The van der Waals surface area contributed by atoms with Gasteiger partial charge in [0.1, 0.15) is 6.10 Å². The van der Waals surface area contributed by atoms with E-state index in [1.165, 1.54) is 14.0 Å². The van der Waals surface area contributed by atoms with Crippen LogP contribution in [0.15, 0.2) is 0 Å². The smallest absolute Gasteiger partial charge is 0.305 e. The lowest BCUT2D eigenvalue weighted by atomic mass is 9.43. The van der Waals surface area contributed by atoms with Crippen LogP contribution in [0.1, 0.15) is 85.5 Å². The summed E-state index contributed by atoms with van der Waals surface area (Å²) in [6, 6.07) is 0. The molecule has 2 N–H and O–H groups in total. The van der Waals surface area contributed by atoms with E-state index in [0.29, 0.717) is 36.0 Å². The van der Waals surface area contributed by atoms with Crippen molar-refractivity contribution in [3.05, 3.63) is 0 Å². The van der Waals surface area contributed by atoms with Gasteiger partial charge in [-0.15, -0.1) is 0 Å². The van der Waals surface area contributed by atoms with E-state index in [1.54, 1.807) is 0 Å². The Morgan fingerprint density at radius 2 is 1.79 bits per heavy atom. The number of aliphatic hydroxyl groups is 2. The molecule has 0 aromatic carbocycles. The molecule has 4 rings (SSSR count). The average molecular weight is 465 g/mol. The first-order valence-corrected chi connectivity index (χ1v) is 13.1. The van der Waals surface area contributed by atoms with Crippen molar-refractivity contribution in [1.82, 2.24) is 0 Å². The van der Waals surface area contributed by atoms with Crippen LogP contribution in [0.5, 0.6) is 0 Å². The van der Waals surface area contributed by atoms with Crippen LogP contribution < -0.4 is 0 Å². The lowest BCUT2D eigenvalue weighted by Crippen LogP contribution is -2.62. The van der Waals surface area contributed by atoms with Gasteiger partial charge in [-0.2, -0.15) is 0 Å². The Bertz CT molecular complexity index is 753. The number of aliphatic hydroxyl groups excluding tert-OH is 2. The monoisotopic (exact) mass is 464 g/mol. The van der Waals surface area contributed by atoms with Gasteiger partial charge in [-0.3, -0.25) is 9.59 Å². The second-order valence-electron chi connectivity index (χ2n) is 12.2. The molecule has 4 saturated carbocycles. The summed E-state index contributed by atoms with van der Waals surface area (Å²) in [5, 5.41) is 22.1. The predicted molar refractivity (Wildman–Crippen MR) is 124 cm³/mol. The average Bonchev–Trinajstić information content (AvgIpc) is 3.11.